The first kappa shape index (κ1) is 8.15. The zero-order valence-electron chi connectivity index (χ0n) is 5.10. The molecule has 0 bridgehead atoms. The average molecular weight is 179 g/mol. The molecule has 1 fully saturated rings. The molecule has 1 heterocycles. The van der Waals surface area contributed by atoms with E-state index in [9.17, 15) is 0 Å². The summed E-state index contributed by atoms with van der Waals surface area (Å²) >= 11 is 0. The summed E-state index contributed by atoms with van der Waals surface area (Å²) < 4.78 is 2.14. The van der Waals surface area contributed by atoms with Gasteiger partial charge in [0.1, 0.15) is 19.8 Å². The Bertz CT molecular complexity index is 72.6. The molecule has 0 saturated carbocycles. The summed E-state index contributed by atoms with van der Waals surface area (Å²) in [6.07, 6.45) is 4.11. The minimum absolute atomic E-state index is 0. The van der Waals surface area contributed by atoms with Crippen molar-refractivity contribution in [1.82, 2.24) is 0 Å². The molecule has 0 radical (unpaired) electrons. The van der Waals surface area contributed by atoms with Crippen molar-refractivity contribution in [3.05, 3.63) is 0 Å². The van der Waals surface area contributed by atoms with Crippen LogP contribution in [0, 0.1) is 0 Å². The second-order valence-electron chi connectivity index (χ2n) is 2.18. The third-order valence-corrected chi connectivity index (χ3v) is 1.45. The van der Waals surface area contributed by atoms with Crippen molar-refractivity contribution in [1.29, 1.82) is 0 Å². The summed E-state index contributed by atoms with van der Waals surface area (Å²) in [6, 6.07) is 0. The highest BCUT2D eigenvalue weighted by molar-refractivity contribution is 8.93. The van der Waals surface area contributed by atoms with Crippen LogP contribution in [0.1, 0.15) is 19.3 Å². The Morgan fingerprint density at radius 2 is 1.50 bits per heavy atom. The number of piperidine rings is 1. The van der Waals surface area contributed by atoms with E-state index in [1.165, 1.54) is 32.4 Å². The van der Waals surface area contributed by atoms with Gasteiger partial charge in [0.2, 0.25) is 0 Å². The topological polar surface area (TPSA) is 3.01 Å². The second-order valence-corrected chi connectivity index (χ2v) is 2.18. The Kier molecular flexibility index (Phi) is 4.15. The smallest absolute Gasteiger partial charge is 0.142 e. The summed E-state index contributed by atoms with van der Waals surface area (Å²) in [5.41, 5.74) is 0. The second kappa shape index (κ2) is 4.07. The highest BCUT2D eigenvalue weighted by Gasteiger charge is 2.05. The molecule has 0 N–H and O–H groups in total. The van der Waals surface area contributed by atoms with Crippen molar-refractivity contribution in [2.24, 2.45) is 0 Å². The predicted octanol–water partition coefficient (Wildman–Crippen LogP) is 1.46. The minimum atomic E-state index is 0. The van der Waals surface area contributed by atoms with E-state index < -0.39 is 0 Å². The van der Waals surface area contributed by atoms with Crippen LogP contribution in [0.3, 0.4) is 0 Å². The maximum Gasteiger partial charge on any atom is 0.142 e. The number of hydrogen-bond donors (Lipinski definition) is 0. The van der Waals surface area contributed by atoms with Gasteiger partial charge in [0.25, 0.3) is 0 Å². The van der Waals surface area contributed by atoms with E-state index in [0.717, 1.165) is 0 Å². The van der Waals surface area contributed by atoms with Crippen molar-refractivity contribution >= 4 is 23.7 Å². The van der Waals surface area contributed by atoms with E-state index in [1.54, 1.807) is 0 Å². The molecular formula is C6H13BrN+. The fourth-order valence-corrected chi connectivity index (χ4v) is 0.959. The lowest BCUT2D eigenvalue weighted by Crippen LogP contribution is -2.17. The van der Waals surface area contributed by atoms with Gasteiger partial charge in [0.05, 0.1) is 0 Å². The zero-order valence-corrected chi connectivity index (χ0v) is 6.81. The van der Waals surface area contributed by atoms with Gasteiger partial charge in [-0.1, -0.05) is 0 Å². The molecule has 1 nitrogen and oxygen atoms in total. The summed E-state index contributed by atoms with van der Waals surface area (Å²) in [4.78, 5) is 0. The molecule has 1 saturated heterocycles. The van der Waals surface area contributed by atoms with Gasteiger partial charge in [0.15, 0.2) is 0 Å². The largest absolute Gasteiger partial charge is 0.242 e. The van der Waals surface area contributed by atoms with Crippen LogP contribution in [0.15, 0.2) is 0 Å². The molecule has 2 heteroatoms. The van der Waals surface area contributed by atoms with Crippen LogP contribution in [0.5, 0.6) is 0 Å². The van der Waals surface area contributed by atoms with Gasteiger partial charge < -0.3 is 0 Å². The van der Waals surface area contributed by atoms with Gasteiger partial charge in [-0.2, -0.15) is 0 Å². The van der Waals surface area contributed by atoms with E-state index >= 15 is 0 Å². The van der Waals surface area contributed by atoms with Crippen molar-refractivity contribution in [2.75, 3.05) is 13.1 Å². The first-order valence-corrected chi connectivity index (χ1v) is 2.95. The highest BCUT2D eigenvalue weighted by Crippen LogP contribution is 2.01. The minimum Gasteiger partial charge on any atom is -0.242 e. The van der Waals surface area contributed by atoms with Gasteiger partial charge in [-0.25, -0.2) is 4.58 Å². The molecule has 1 aliphatic rings. The standard InChI is InChI=1S/C6H12N.BrH/c1-7-5-3-2-4-6-7;/h1-6H2;1H/q+1;. The quantitative estimate of drug-likeness (QED) is 0.495. The third-order valence-electron chi connectivity index (χ3n) is 1.45. The molecular weight excluding hydrogens is 166 g/mol. The molecule has 1 aliphatic heterocycles. The number of halogens is 1. The van der Waals surface area contributed by atoms with Crippen LogP contribution in [-0.2, 0) is 0 Å². The maximum absolute atomic E-state index is 3.83. The molecule has 0 aromatic heterocycles. The number of hydrogen-bond acceptors (Lipinski definition) is 0. The number of nitrogens with zero attached hydrogens (tertiary/aromatic N) is 1. The molecule has 0 unspecified atom stereocenters. The summed E-state index contributed by atoms with van der Waals surface area (Å²) in [5, 5.41) is 0. The first-order chi connectivity index (χ1) is 3.39. The fourth-order valence-electron chi connectivity index (χ4n) is 0.959. The predicted molar refractivity (Wildman–Crippen MR) is 41.3 cm³/mol. The lowest BCUT2D eigenvalue weighted by Gasteiger charge is -2.05. The maximum atomic E-state index is 3.83. The molecule has 0 aromatic carbocycles. The lowest BCUT2D eigenvalue weighted by atomic mass is 10.2. The van der Waals surface area contributed by atoms with Gasteiger partial charge in [-0.3, -0.25) is 0 Å². The molecule has 1 rings (SSSR count). The normalized spacial score (nSPS) is 19.8. The molecule has 0 spiro atoms. The van der Waals surface area contributed by atoms with Crippen LogP contribution in [-0.4, -0.2) is 24.4 Å². The van der Waals surface area contributed by atoms with E-state index in [0.29, 0.717) is 0 Å². The highest BCUT2D eigenvalue weighted by atomic mass is 79.9. The van der Waals surface area contributed by atoms with E-state index in [2.05, 4.69) is 11.3 Å². The van der Waals surface area contributed by atoms with Crippen LogP contribution < -0.4 is 0 Å². The van der Waals surface area contributed by atoms with Gasteiger partial charge in [-0.15, -0.1) is 17.0 Å². The van der Waals surface area contributed by atoms with Gasteiger partial charge in [0, 0.05) is 12.8 Å². The molecule has 0 amide bonds. The SMILES string of the molecule is Br.C=[N+]1CCCCC1. The van der Waals surface area contributed by atoms with Gasteiger partial charge >= 0.3 is 0 Å². The molecule has 8 heavy (non-hydrogen) atoms. The lowest BCUT2D eigenvalue weighted by molar-refractivity contribution is -0.529. The number of rotatable bonds is 0. The van der Waals surface area contributed by atoms with E-state index in [1.807, 2.05) is 0 Å². The Morgan fingerprint density at radius 3 is 1.75 bits per heavy atom. The molecule has 48 valence electrons. The monoisotopic (exact) mass is 178 g/mol. The van der Waals surface area contributed by atoms with Crippen molar-refractivity contribution in [2.45, 2.75) is 19.3 Å². The Morgan fingerprint density at radius 1 is 1.00 bits per heavy atom. The Hall–Kier alpha value is 0.150. The van der Waals surface area contributed by atoms with Gasteiger partial charge in [-0.05, 0) is 6.42 Å². The molecule has 0 aliphatic carbocycles. The molecule has 0 atom stereocenters. The summed E-state index contributed by atoms with van der Waals surface area (Å²) in [5.74, 6) is 0. The van der Waals surface area contributed by atoms with Crippen molar-refractivity contribution < 1.29 is 4.58 Å². The van der Waals surface area contributed by atoms with Crippen LogP contribution in [0.25, 0.3) is 0 Å². The van der Waals surface area contributed by atoms with E-state index in [4.69, 9.17) is 0 Å². The first-order valence-electron chi connectivity index (χ1n) is 2.95. The third kappa shape index (κ3) is 2.46. The van der Waals surface area contributed by atoms with E-state index in [-0.39, 0.29) is 17.0 Å². The zero-order chi connectivity index (χ0) is 5.11. The van der Waals surface area contributed by atoms with Crippen molar-refractivity contribution in [3.8, 4) is 0 Å². The van der Waals surface area contributed by atoms with Crippen molar-refractivity contribution in [3.63, 3.8) is 0 Å². The van der Waals surface area contributed by atoms with Crippen LogP contribution in [0.4, 0.5) is 0 Å². The van der Waals surface area contributed by atoms with Crippen LogP contribution in [0.2, 0.25) is 0 Å². The summed E-state index contributed by atoms with van der Waals surface area (Å²) in [6.45, 7) is 6.25. The summed E-state index contributed by atoms with van der Waals surface area (Å²) in [7, 11) is 0. The Labute approximate surface area is 61.2 Å². The molecule has 0 aromatic rings. The Balaban J connectivity index is 0.000000490. The average Bonchev–Trinajstić information content (AvgIpc) is 1.69. The van der Waals surface area contributed by atoms with Crippen LogP contribution >= 0.6 is 17.0 Å². The fraction of sp³-hybridized carbons (Fsp3) is 0.833.